The molecule has 1 N–H and O–H groups in total. The van der Waals surface area contributed by atoms with Crippen molar-refractivity contribution in [2.45, 2.75) is 0 Å². The Hall–Kier alpha value is -1.48. The van der Waals surface area contributed by atoms with Gasteiger partial charge in [0.2, 0.25) is 0 Å². The van der Waals surface area contributed by atoms with E-state index in [2.05, 4.69) is 25.9 Å². The zero-order valence-electron chi connectivity index (χ0n) is 5.78. The van der Waals surface area contributed by atoms with Gasteiger partial charge in [-0.3, -0.25) is 10.1 Å². The monoisotopic (exact) mass is 226 g/mol. The molecule has 0 aliphatic heterocycles. The standard InChI is InChI=1S/C6H3BrN4O/c7-4-1-9-3-11-5(4)6(12)10-2-8/h1,3H,(H,10,12). The van der Waals surface area contributed by atoms with Crippen molar-refractivity contribution in [2.75, 3.05) is 0 Å². The molecule has 1 aromatic heterocycles. The van der Waals surface area contributed by atoms with E-state index >= 15 is 0 Å². The molecular weight excluding hydrogens is 224 g/mol. The molecule has 60 valence electrons. The smallest absolute Gasteiger partial charge is 0.266 e. The zero-order chi connectivity index (χ0) is 8.97. The molecule has 6 heteroatoms. The van der Waals surface area contributed by atoms with Crippen LogP contribution in [-0.2, 0) is 0 Å². The number of hydrogen-bond acceptors (Lipinski definition) is 4. The Bertz CT molecular complexity index is 346. The van der Waals surface area contributed by atoms with E-state index < -0.39 is 5.91 Å². The third-order valence-electron chi connectivity index (χ3n) is 1.05. The van der Waals surface area contributed by atoms with Crippen molar-refractivity contribution in [1.82, 2.24) is 15.3 Å². The minimum Gasteiger partial charge on any atom is -0.266 e. The number of nitriles is 1. The van der Waals surface area contributed by atoms with Crippen molar-refractivity contribution in [3.05, 3.63) is 22.7 Å². The van der Waals surface area contributed by atoms with Gasteiger partial charge >= 0.3 is 0 Å². The van der Waals surface area contributed by atoms with Gasteiger partial charge < -0.3 is 0 Å². The van der Waals surface area contributed by atoms with Crippen LogP contribution >= 0.6 is 15.9 Å². The molecule has 1 aromatic rings. The van der Waals surface area contributed by atoms with E-state index in [1.807, 2.05) is 5.32 Å². The fourth-order valence-corrected chi connectivity index (χ4v) is 0.990. The molecule has 1 heterocycles. The third kappa shape index (κ3) is 1.77. The molecule has 0 saturated heterocycles. The lowest BCUT2D eigenvalue weighted by molar-refractivity contribution is 0.0967. The summed E-state index contributed by atoms with van der Waals surface area (Å²) in [4.78, 5) is 18.4. The Morgan fingerprint density at radius 1 is 1.75 bits per heavy atom. The number of carbonyl (C=O) groups excluding carboxylic acids is 1. The summed E-state index contributed by atoms with van der Waals surface area (Å²) in [5.74, 6) is -0.549. The van der Waals surface area contributed by atoms with Gasteiger partial charge in [0.25, 0.3) is 5.91 Å². The maximum Gasteiger partial charge on any atom is 0.284 e. The Morgan fingerprint density at radius 3 is 3.08 bits per heavy atom. The summed E-state index contributed by atoms with van der Waals surface area (Å²) in [5, 5.41) is 10.1. The SMILES string of the molecule is N#CNC(=O)c1ncncc1Br. The van der Waals surface area contributed by atoms with Crippen LogP contribution in [0.25, 0.3) is 0 Å². The van der Waals surface area contributed by atoms with Gasteiger partial charge in [0.05, 0.1) is 4.47 Å². The van der Waals surface area contributed by atoms with Gasteiger partial charge in [0, 0.05) is 6.20 Å². The second-order valence-electron chi connectivity index (χ2n) is 1.79. The number of halogens is 1. The van der Waals surface area contributed by atoms with Gasteiger partial charge in [0.15, 0.2) is 6.19 Å². The van der Waals surface area contributed by atoms with Crippen LogP contribution < -0.4 is 5.32 Å². The molecule has 0 fully saturated rings. The average Bonchev–Trinajstić information content (AvgIpc) is 2.05. The molecule has 0 saturated carbocycles. The molecule has 0 radical (unpaired) electrons. The molecule has 0 atom stereocenters. The molecule has 0 bridgehead atoms. The number of aromatic nitrogens is 2. The molecule has 0 aromatic carbocycles. The molecule has 0 spiro atoms. The summed E-state index contributed by atoms with van der Waals surface area (Å²) in [6.07, 6.45) is 4.18. The largest absolute Gasteiger partial charge is 0.284 e. The van der Waals surface area contributed by atoms with Crippen LogP contribution in [0.3, 0.4) is 0 Å². The number of hydrogen-bond donors (Lipinski definition) is 1. The molecule has 5 nitrogen and oxygen atoms in total. The minimum atomic E-state index is -0.549. The first-order chi connectivity index (χ1) is 5.75. The van der Waals surface area contributed by atoms with E-state index in [1.54, 1.807) is 0 Å². The Kier molecular flexibility index (Phi) is 2.71. The highest BCUT2D eigenvalue weighted by Crippen LogP contribution is 2.10. The number of nitrogens with zero attached hydrogens (tertiary/aromatic N) is 3. The van der Waals surface area contributed by atoms with Gasteiger partial charge in [-0.25, -0.2) is 9.97 Å². The van der Waals surface area contributed by atoms with Crippen molar-refractivity contribution in [1.29, 1.82) is 5.26 Å². The fourth-order valence-electron chi connectivity index (χ4n) is 0.590. The zero-order valence-corrected chi connectivity index (χ0v) is 7.37. The minimum absolute atomic E-state index is 0.145. The number of amides is 1. The highest BCUT2D eigenvalue weighted by molar-refractivity contribution is 9.10. The molecule has 0 unspecified atom stereocenters. The lowest BCUT2D eigenvalue weighted by Gasteiger charge is -1.97. The van der Waals surface area contributed by atoms with Crippen LogP contribution in [0.5, 0.6) is 0 Å². The number of carbonyl (C=O) groups is 1. The van der Waals surface area contributed by atoms with E-state index in [-0.39, 0.29) is 5.69 Å². The van der Waals surface area contributed by atoms with Crippen LogP contribution in [-0.4, -0.2) is 15.9 Å². The van der Waals surface area contributed by atoms with E-state index in [4.69, 9.17) is 5.26 Å². The molecular formula is C6H3BrN4O. The average molecular weight is 227 g/mol. The first-order valence-corrected chi connectivity index (χ1v) is 3.70. The van der Waals surface area contributed by atoms with Crippen LogP contribution in [0.2, 0.25) is 0 Å². The molecule has 12 heavy (non-hydrogen) atoms. The van der Waals surface area contributed by atoms with E-state index in [1.165, 1.54) is 18.7 Å². The Morgan fingerprint density at radius 2 is 2.50 bits per heavy atom. The second-order valence-corrected chi connectivity index (χ2v) is 2.64. The van der Waals surface area contributed by atoms with Gasteiger partial charge in [-0.05, 0) is 15.9 Å². The van der Waals surface area contributed by atoms with Gasteiger partial charge in [-0.15, -0.1) is 0 Å². The van der Waals surface area contributed by atoms with Crippen LogP contribution in [0.4, 0.5) is 0 Å². The van der Waals surface area contributed by atoms with Gasteiger partial charge in [0.1, 0.15) is 12.0 Å². The van der Waals surface area contributed by atoms with E-state index in [0.717, 1.165) is 0 Å². The summed E-state index contributed by atoms with van der Waals surface area (Å²) >= 11 is 3.07. The quantitative estimate of drug-likeness (QED) is 0.558. The highest BCUT2D eigenvalue weighted by atomic mass is 79.9. The lowest BCUT2D eigenvalue weighted by Crippen LogP contribution is -2.19. The van der Waals surface area contributed by atoms with E-state index in [9.17, 15) is 4.79 Å². The summed E-state index contributed by atoms with van der Waals surface area (Å²) in [6.45, 7) is 0. The van der Waals surface area contributed by atoms with E-state index in [0.29, 0.717) is 4.47 Å². The van der Waals surface area contributed by atoms with Crippen LogP contribution in [0.15, 0.2) is 17.0 Å². The normalized spacial score (nSPS) is 8.67. The molecule has 0 aliphatic carbocycles. The van der Waals surface area contributed by atoms with Crippen molar-refractivity contribution in [3.63, 3.8) is 0 Å². The predicted octanol–water partition coefficient (Wildman–Crippen LogP) is 0.450. The van der Waals surface area contributed by atoms with Crippen molar-refractivity contribution < 1.29 is 4.79 Å². The summed E-state index contributed by atoms with van der Waals surface area (Å²) < 4.78 is 0.456. The van der Waals surface area contributed by atoms with Crippen LogP contribution in [0.1, 0.15) is 10.5 Å². The first-order valence-electron chi connectivity index (χ1n) is 2.90. The second kappa shape index (κ2) is 3.78. The predicted molar refractivity (Wildman–Crippen MR) is 42.8 cm³/mol. The van der Waals surface area contributed by atoms with Gasteiger partial charge in [-0.1, -0.05) is 0 Å². The summed E-state index contributed by atoms with van der Waals surface area (Å²) in [5.41, 5.74) is 0.145. The van der Waals surface area contributed by atoms with Crippen LogP contribution in [0, 0.1) is 11.5 Å². The Balaban J connectivity index is 2.97. The van der Waals surface area contributed by atoms with Crippen molar-refractivity contribution in [2.24, 2.45) is 0 Å². The molecule has 0 aliphatic rings. The van der Waals surface area contributed by atoms with Gasteiger partial charge in [-0.2, -0.15) is 5.26 Å². The number of rotatable bonds is 1. The summed E-state index contributed by atoms with van der Waals surface area (Å²) in [6, 6.07) is 0. The van der Waals surface area contributed by atoms with Crippen molar-refractivity contribution in [3.8, 4) is 6.19 Å². The van der Waals surface area contributed by atoms with Crippen molar-refractivity contribution >= 4 is 21.8 Å². The first kappa shape index (κ1) is 8.62. The number of nitrogens with one attached hydrogen (secondary N) is 1. The topological polar surface area (TPSA) is 78.7 Å². The lowest BCUT2D eigenvalue weighted by atomic mass is 10.4. The fraction of sp³-hybridized carbons (Fsp3) is 0. The molecule has 1 rings (SSSR count). The Labute approximate surface area is 76.6 Å². The third-order valence-corrected chi connectivity index (χ3v) is 1.63. The summed E-state index contributed by atoms with van der Waals surface area (Å²) in [7, 11) is 0. The maximum absolute atomic E-state index is 11.0. The molecule has 1 amide bonds. The maximum atomic E-state index is 11.0. The highest BCUT2D eigenvalue weighted by Gasteiger charge is 2.09.